The Morgan fingerprint density at radius 1 is 0.958 bits per heavy atom. The molecule has 1 atom stereocenters. The number of hydrogen-bond acceptors (Lipinski definition) is 3. The lowest BCUT2D eigenvalue weighted by atomic mass is 10.1. The number of nitrogens with zero attached hydrogens (tertiary/aromatic N) is 1. The number of benzene rings is 2. The fraction of sp³-hybridized carbons (Fsp3) is 0.211. The van der Waals surface area contributed by atoms with Crippen LogP contribution in [0.3, 0.4) is 0 Å². The minimum absolute atomic E-state index is 0.341. The second-order valence-electron chi connectivity index (χ2n) is 5.99. The Bertz CT molecular complexity index is 822. The minimum Gasteiger partial charge on any atom is -0.324 e. The lowest BCUT2D eigenvalue weighted by Gasteiger charge is -2.21. The summed E-state index contributed by atoms with van der Waals surface area (Å²) in [5.74, 6) is -1.26. The van der Waals surface area contributed by atoms with Gasteiger partial charge in [0.1, 0.15) is 6.04 Å². The fourth-order valence-corrected chi connectivity index (χ4v) is 2.74. The lowest BCUT2D eigenvalue weighted by molar-refractivity contribution is -0.119. The molecule has 5 heteroatoms. The van der Waals surface area contributed by atoms with Gasteiger partial charge in [0.05, 0.1) is 11.1 Å². The van der Waals surface area contributed by atoms with Crippen molar-refractivity contribution in [2.75, 3.05) is 5.32 Å². The van der Waals surface area contributed by atoms with E-state index in [1.807, 2.05) is 26.0 Å². The first-order valence-corrected chi connectivity index (χ1v) is 7.75. The average Bonchev–Trinajstić information content (AvgIpc) is 2.82. The summed E-state index contributed by atoms with van der Waals surface area (Å²) < 4.78 is 0. The number of fused-ring (bicyclic) bond motifs is 1. The molecule has 2 aromatic rings. The van der Waals surface area contributed by atoms with E-state index in [0.717, 1.165) is 16.0 Å². The summed E-state index contributed by atoms with van der Waals surface area (Å²) in [7, 11) is 0. The van der Waals surface area contributed by atoms with Gasteiger partial charge in [-0.1, -0.05) is 18.2 Å². The molecule has 0 fully saturated rings. The van der Waals surface area contributed by atoms with Gasteiger partial charge in [0.15, 0.2) is 0 Å². The van der Waals surface area contributed by atoms with Gasteiger partial charge in [0.25, 0.3) is 11.8 Å². The van der Waals surface area contributed by atoms with Gasteiger partial charge >= 0.3 is 0 Å². The van der Waals surface area contributed by atoms with E-state index in [0.29, 0.717) is 16.8 Å². The van der Waals surface area contributed by atoms with E-state index in [2.05, 4.69) is 5.32 Å². The Balaban J connectivity index is 1.80. The lowest BCUT2D eigenvalue weighted by Crippen LogP contribution is -2.45. The Labute approximate surface area is 140 Å². The molecule has 0 aromatic heterocycles. The summed E-state index contributed by atoms with van der Waals surface area (Å²) in [6.45, 7) is 5.50. The topological polar surface area (TPSA) is 66.5 Å². The molecule has 0 aliphatic carbocycles. The summed E-state index contributed by atoms with van der Waals surface area (Å²) in [5, 5.41) is 2.77. The maximum Gasteiger partial charge on any atom is 0.262 e. The van der Waals surface area contributed by atoms with Crippen molar-refractivity contribution in [2.24, 2.45) is 0 Å². The number of aryl methyl sites for hydroxylation is 2. The SMILES string of the molecule is Cc1ccc(NC(=O)[C@H](C)N2C(=O)c3ccccc3C2=O)cc1C. The van der Waals surface area contributed by atoms with E-state index >= 15 is 0 Å². The first kappa shape index (κ1) is 15.9. The maximum absolute atomic E-state index is 12.5. The molecule has 3 amide bonds. The van der Waals surface area contributed by atoms with Gasteiger partial charge in [0.2, 0.25) is 5.91 Å². The predicted octanol–water partition coefficient (Wildman–Crippen LogP) is 2.93. The Morgan fingerprint density at radius 3 is 2.08 bits per heavy atom. The van der Waals surface area contributed by atoms with Crippen molar-refractivity contribution >= 4 is 23.4 Å². The van der Waals surface area contributed by atoms with Crippen molar-refractivity contribution in [1.29, 1.82) is 0 Å². The molecule has 0 saturated carbocycles. The molecule has 0 radical (unpaired) electrons. The van der Waals surface area contributed by atoms with Crippen molar-refractivity contribution in [2.45, 2.75) is 26.8 Å². The number of carbonyl (C=O) groups excluding carboxylic acids is 3. The van der Waals surface area contributed by atoms with Gasteiger partial charge in [-0.05, 0) is 56.2 Å². The standard InChI is InChI=1S/C19H18N2O3/c1-11-8-9-14(10-12(11)2)20-17(22)13(3)21-18(23)15-6-4-5-7-16(15)19(21)24/h4-10,13H,1-3H3,(H,20,22)/t13-/m0/s1. The van der Waals surface area contributed by atoms with Crippen LogP contribution in [0.25, 0.3) is 0 Å². The third-order valence-electron chi connectivity index (χ3n) is 4.37. The van der Waals surface area contributed by atoms with Crippen LogP contribution in [0.15, 0.2) is 42.5 Å². The van der Waals surface area contributed by atoms with Crippen LogP contribution in [0, 0.1) is 13.8 Å². The van der Waals surface area contributed by atoms with Crippen molar-refractivity contribution in [3.05, 3.63) is 64.7 Å². The normalized spacial score (nSPS) is 14.5. The average molecular weight is 322 g/mol. The number of anilines is 1. The van der Waals surface area contributed by atoms with Crippen molar-refractivity contribution in [3.8, 4) is 0 Å². The summed E-state index contributed by atoms with van der Waals surface area (Å²) >= 11 is 0. The van der Waals surface area contributed by atoms with E-state index in [4.69, 9.17) is 0 Å². The van der Waals surface area contributed by atoms with E-state index < -0.39 is 23.8 Å². The second kappa shape index (κ2) is 5.92. The quantitative estimate of drug-likeness (QED) is 0.884. The van der Waals surface area contributed by atoms with Crippen LogP contribution in [0.5, 0.6) is 0 Å². The van der Waals surface area contributed by atoms with E-state index in [1.54, 1.807) is 37.3 Å². The molecule has 1 aliphatic heterocycles. The van der Waals surface area contributed by atoms with Gasteiger partial charge in [-0.15, -0.1) is 0 Å². The third-order valence-corrected chi connectivity index (χ3v) is 4.37. The molecule has 1 aliphatic rings. The zero-order chi connectivity index (χ0) is 17.4. The first-order chi connectivity index (χ1) is 11.4. The fourth-order valence-electron chi connectivity index (χ4n) is 2.74. The van der Waals surface area contributed by atoms with Crippen LogP contribution in [0.2, 0.25) is 0 Å². The molecule has 0 saturated heterocycles. The minimum atomic E-state index is -0.890. The number of imide groups is 1. The highest BCUT2D eigenvalue weighted by Crippen LogP contribution is 2.25. The zero-order valence-electron chi connectivity index (χ0n) is 13.8. The van der Waals surface area contributed by atoms with Crippen molar-refractivity contribution in [3.63, 3.8) is 0 Å². The molecule has 0 spiro atoms. The predicted molar refractivity (Wildman–Crippen MR) is 90.9 cm³/mol. The summed E-state index contributed by atoms with van der Waals surface area (Å²) in [4.78, 5) is 38.4. The summed E-state index contributed by atoms with van der Waals surface area (Å²) in [6.07, 6.45) is 0. The molecule has 1 N–H and O–H groups in total. The van der Waals surface area contributed by atoms with Crippen LogP contribution >= 0.6 is 0 Å². The van der Waals surface area contributed by atoms with Gasteiger partial charge in [-0.3, -0.25) is 19.3 Å². The maximum atomic E-state index is 12.5. The zero-order valence-corrected chi connectivity index (χ0v) is 13.8. The monoisotopic (exact) mass is 322 g/mol. The third kappa shape index (κ3) is 2.58. The van der Waals surface area contributed by atoms with E-state index in [-0.39, 0.29) is 0 Å². The van der Waals surface area contributed by atoms with Gasteiger partial charge in [-0.2, -0.15) is 0 Å². The molecule has 24 heavy (non-hydrogen) atoms. The molecule has 0 unspecified atom stereocenters. The van der Waals surface area contributed by atoms with Gasteiger partial charge < -0.3 is 5.32 Å². The highest BCUT2D eigenvalue weighted by Gasteiger charge is 2.40. The highest BCUT2D eigenvalue weighted by atomic mass is 16.2. The van der Waals surface area contributed by atoms with Gasteiger partial charge in [0, 0.05) is 5.69 Å². The van der Waals surface area contributed by atoms with Crippen molar-refractivity contribution < 1.29 is 14.4 Å². The van der Waals surface area contributed by atoms with Crippen molar-refractivity contribution in [1.82, 2.24) is 4.90 Å². The first-order valence-electron chi connectivity index (χ1n) is 7.75. The molecule has 1 heterocycles. The van der Waals surface area contributed by atoms with E-state index in [1.165, 1.54) is 0 Å². The van der Waals surface area contributed by atoms with Crippen LogP contribution in [-0.2, 0) is 4.79 Å². The van der Waals surface area contributed by atoms with Crippen LogP contribution < -0.4 is 5.32 Å². The Morgan fingerprint density at radius 2 is 1.54 bits per heavy atom. The highest BCUT2D eigenvalue weighted by molar-refractivity contribution is 6.23. The molecular weight excluding hydrogens is 304 g/mol. The number of hydrogen-bond donors (Lipinski definition) is 1. The summed E-state index contributed by atoms with van der Waals surface area (Å²) in [6, 6.07) is 11.3. The van der Waals surface area contributed by atoms with Crippen LogP contribution in [0.4, 0.5) is 5.69 Å². The molecule has 5 nitrogen and oxygen atoms in total. The molecular formula is C19H18N2O3. The number of nitrogens with one attached hydrogen (secondary N) is 1. The number of rotatable bonds is 3. The molecule has 2 aromatic carbocycles. The number of amides is 3. The Hall–Kier alpha value is -2.95. The second-order valence-corrected chi connectivity index (χ2v) is 5.99. The van der Waals surface area contributed by atoms with Gasteiger partial charge in [-0.25, -0.2) is 0 Å². The molecule has 122 valence electrons. The number of carbonyl (C=O) groups is 3. The van der Waals surface area contributed by atoms with Crippen LogP contribution in [0.1, 0.15) is 38.8 Å². The molecule has 0 bridgehead atoms. The smallest absolute Gasteiger partial charge is 0.262 e. The Kier molecular flexibility index (Phi) is 3.93. The molecule has 3 rings (SSSR count). The summed E-state index contributed by atoms with van der Waals surface area (Å²) in [5.41, 5.74) is 3.51. The van der Waals surface area contributed by atoms with E-state index in [9.17, 15) is 14.4 Å². The van der Waals surface area contributed by atoms with Crippen LogP contribution in [-0.4, -0.2) is 28.7 Å². The largest absolute Gasteiger partial charge is 0.324 e.